The quantitative estimate of drug-likeness (QED) is 0.772. The van der Waals surface area contributed by atoms with Crippen LogP contribution in [0.15, 0.2) is 0 Å². The molecule has 1 saturated heterocycles. The fraction of sp³-hybridized carbons (Fsp3) is 0.900. The third-order valence-electron chi connectivity index (χ3n) is 6.53. The summed E-state index contributed by atoms with van der Waals surface area (Å²) in [5.41, 5.74) is 0. The van der Waals surface area contributed by atoms with Gasteiger partial charge in [-0.15, -0.1) is 0 Å². The summed E-state index contributed by atoms with van der Waals surface area (Å²) in [6.07, 6.45) is 7.35. The Bertz CT molecular complexity index is 478. The molecule has 2 amide bonds. The number of nitrogens with zero attached hydrogens (tertiary/aromatic N) is 2. The lowest BCUT2D eigenvalue weighted by atomic mass is 9.86. The van der Waals surface area contributed by atoms with Gasteiger partial charge >= 0.3 is 0 Å². The highest BCUT2D eigenvalue weighted by molar-refractivity contribution is 5.89. The number of hydrogen-bond acceptors (Lipinski definition) is 2. The van der Waals surface area contributed by atoms with E-state index in [2.05, 4.69) is 32.6 Å². The third-order valence-corrected chi connectivity index (χ3v) is 6.53. The zero-order chi connectivity index (χ0) is 17.4. The van der Waals surface area contributed by atoms with E-state index in [4.69, 9.17) is 0 Å². The van der Waals surface area contributed by atoms with Crippen LogP contribution in [0.3, 0.4) is 0 Å². The number of rotatable bonds is 5. The third kappa shape index (κ3) is 3.62. The molecular formula is C20H34N2O2. The largest absolute Gasteiger partial charge is 0.339 e. The topological polar surface area (TPSA) is 40.6 Å². The number of amides is 2. The minimum atomic E-state index is -0.112. The SMILES string of the molecule is CC1CCC(N2C[C@H](C(=O)N(C3CC3)[C@@H](C)C(C)C)CC2=O)CC1. The molecule has 4 nitrogen and oxygen atoms in total. The Morgan fingerprint density at radius 3 is 2.25 bits per heavy atom. The maximum Gasteiger partial charge on any atom is 0.228 e. The Kier molecular flexibility index (Phi) is 5.22. The fourth-order valence-corrected chi connectivity index (χ4v) is 4.40. The Hall–Kier alpha value is -1.06. The number of carbonyl (C=O) groups is 2. The summed E-state index contributed by atoms with van der Waals surface area (Å²) in [5.74, 6) is 1.58. The molecule has 3 fully saturated rings. The number of hydrogen-bond donors (Lipinski definition) is 0. The zero-order valence-corrected chi connectivity index (χ0v) is 15.8. The summed E-state index contributed by atoms with van der Waals surface area (Å²) in [6, 6.07) is 1.07. The lowest BCUT2D eigenvalue weighted by molar-refractivity contribution is -0.139. The van der Waals surface area contributed by atoms with E-state index in [1.807, 2.05) is 4.90 Å². The predicted octanol–water partition coefficient (Wildman–Crippen LogP) is 3.45. The van der Waals surface area contributed by atoms with Gasteiger partial charge in [0.2, 0.25) is 11.8 Å². The van der Waals surface area contributed by atoms with Gasteiger partial charge in [-0.1, -0.05) is 20.8 Å². The Morgan fingerprint density at radius 2 is 1.71 bits per heavy atom. The molecule has 1 aliphatic heterocycles. The van der Waals surface area contributed by atoms with Crippen molar-refractivity contribution >= 4 is 11.8 Å². The van der Waals surface area contributed by atoms with E-state index < -0.39 is 0 Å². The normalized spacial score (nSPS) is 32.3. The van der Waals surface area contributed by atoms with Crippen molar-refractivity contribution in [3.63, 3.8) is 0 Å². The molecule has 2 aliphatic carbocycles. The van der Waals surface area contributed by atoms with E-state index in [1.54, 1.807) is 0 Å². The lowest BCUT2D eigenvalue weighted by Crippen LogP contribution is -2.47. The van der Waals surface area contributed by atoms with Crippen molar-refractivity contribution in [1.29, 1.82) is 0 Å². The molecule has 0 aromatic carbocycles. The molecule has 2 saturated carbocycles. The second-order valence-electron chi connectivity index (χ2n) is 8.82. The summed E-state index contributed by atoms with van der Waals surface area (Å²) in [6.45, 7) is 9.49. The Balaban J connectivity index is 1.64. The highest BCUT2D eigenvalue weighted by Crippen LogP contribution is 2.36. The molecule has 0 radical (unpaired) electrons. The van der Waals surface area contributed by atoms with Crippen LogP contribution in [0.25, 0.3) is 0 Å². The number of carbonyl (C=O) groups excluding carboxylic acids is 2. The van der Waals surface area contributed by atoms with Crippen LogP contribution < -0.4 is 0 Å². The monoisotopic (exact) mass is 334 g/mol. The van der Waals surface area contributed by atoms with Crippen LogP contribution in [-0.4, -0.2) is 46.3 Å². The Morgan fingerprint density at radius 1 is 1.08 bits per heavy atom. The van der Waals surface area contributed by atoms with Gasteiger partial charge < -0.3 is 9.80 Å². The van der Waals surface area contributed by atoms with Gasteiger partial charge in [-0.25, -0.2) is 0 Å². The van der Waals surface area contributed by atoms with Crippen LogP contribution in [0.1, 0.15) is 72.6 Å². The highest BCUT2D eigenvalue weighted by atomic mass is 16.2. The van der Waals surface area contributed by atoms with Crippen molar-refractivity contribution in [2.75, 3.05) is 6.54 Å². The second-order valence-corrected chi connectivity index (χ2v) is 8.82. The highest BCUT2D eigenvalue weighted by Gasteiger charge is 2.44. The molecule has 0 bridgehead atoms. The van der Waals surface area contributed by atoms with E-state index in [-0.39, 0.29) is 23.8 Å². The van der Waals surface area contributed by atoms with Gasteiger partial charge in [0.05, 0.1) is 5.92 Å². The molecule has 0 spiro atoms. The summed E-state index contributed by atoms with van der Waals surface area (Å²) in [7, 11) is 0. The van der Waals surface area contributed by atoms with E-state index in [1.165, 1.54) is 12.8 Å². The van der Waals surface area contributed by atoms with Gasteiger partial charge in [0.15, 0.2) is 0 Å². The smallest absolute Gasteiger partial charge is 0.228 e. The Labute approximate surface area is 146 Å². The summed E-state index contributed by atoms with van der Waals surface area (Å²) in [5, 5.41) is 0. The van der Waals surface area contributed by atoms with Gasteiger partial charge in [-0.3, -0.25) is 9.59 Å². The molecular weight excluding hydrogens is 300 g/mol. The minimum Gasteiger partial charge on any atom is -0.339 e. The minimum absolute atomic E-state index is 0.112. The molecule has 24 heavy (non-hydrogen) atoms. The van der Waals surface area contributed by atoms with Gasteiger partial charge in [-0.05, 0) is 57.3 Å². The second kappa shape index (κ2) is 7.05. The predicted molar refractivity (Wildman–Crippen MR) is 95.4 cm³/mol. The van der Waals surface area contributed by atoms with Crippen LogP contribution >= 0.6 is 0 Å². The first-order chi connectivity index (χ1) is 11.4. The average Bonchev–Trinajstić information content (AvgIpc) is 3.29. The summed E-state index contributed by atoms with van der Waals surface area (Å²) >= 11 is 0. The molecule has 2 atom stereocenters. The molecule has 0 aromatic rings. The first kappa shape index (κ1) is 17.8. The molecule has 1 heterocycles. The average molecular weight is 335 g/mol. The van der Waals surface area contributed by atoms with Crippen molar-refractivity contribution in [2.24, 2.45) is 17.8 Å². The van der Waals surface area contributed by atoms with Crippen molar-refractivity contribution in [2.45, 2.75) is 90.8 Å². The maximum atomic E-state index is 13.1. The molecule has 0 N–H and O–H groups in total. The van der Waals surface area contributed by atoms with E-state index in [0.29, 0.717) is 31.0 Å². The van der Waals surface area contributed by atoms with E-state index in [0.717, 1.165) is 31.6 Å². The molecule has 0 unspecified atom stereocenters. The van der Waals surface area contributed by atoms with Crippen LogP contribution in [0.2, 0.25) is 0 Å². The van der Waals surface area contributed by atoms with Crippen molar-refractivity contribution in [1.82, 2.24) is 9.80 Å². The van der Waals surface area contributed by atoms with Gasteiger partial charge in [0.1, 0.15) is 0 Å². The first-order valence-corrected chi connectivity index (χ1v) is 10.00. The van der Waals surface area contributed by atoms with Gasteiger partial charge in [-0.2, -0.15) is 0 Å². The van der Waals surface area contributed by atoms with Crippen molar-refractivity contribution < 1.29 is 9.59 Å². The van der Waals surface area contributed by atoms with Crippen LogP contribution in [-0.2, 0) is 9.59 Å². The molecule has 3 aliphatic rings. The van der Waals surface area contributed by atoms with Crippen LogP contribution in [0.4, 0.5) is 0 Å². The van der Waals surface area contributed by atoms with Crippen LogP contribution in [0.5, 0.6) is 0 Å². The molecule has 4 heteroatoms. The van der Waals surface area contributed by atoms with E-state index in [9.17, 15) is 9.59 Å². The summed E-state index contributed by atoms with van der Waals surface area (Å²) in [4.78, 5) is 29.8. The standard InChI is InChI=1S/C20H34N2O2/c1-13(2)15(4)22(18-9-10-18)20(24)16-11-19(23)21(12-16)17-7-5-14(3)6-8-17/h13-18H,5-12H2,1-4H3/t14?,15-,16+,17?/m0/s1. The molecule has 3 rings (SSSR count). The number of likely N-dealkylation sites (tertiary alicyclic amines) is 1. The zero-order valence-electron chi connectivity index (χ0n) is 15.8. The molecule has 0 aromatic heterocycles. The fourth-order valence-electron chi connectivity index (χ4n) is 4.40. The first-order valence-electron chi connectivity index (χ1n) is 10.00. The lowest BCUT2D eigenvalue weighted by Gasteiger charge is -2.35. The maximum absolute atomic E-state index is 13.1. The van der Waals surface area contributed by atoms with Crippen molar-refractivity contribution in [3.8, 4) is 0 Å². The van der Waals surface area contributed by atoms with Gasteiger partial charge in [0, 0.05) is 31.1 Å². The van der Waals surface area contributed by atoms with Gasteiger partial charge in [0.25, 0.3) is 0 Å². The van der Waals surface area contributed by atoms with Crippen molar-refractivity contribution in [3.05, 3.63) is 0 Å². The summed E-state index contributed by atoms with van der Waals surface area (Å²) < 4.78 is 0. The van der Waals surface area contributed by atoms with Crippen LogP contribution in [0, 0.1) is 17.8 Å². The molecule has 136 valence electrons. The van der Waals surface area contributed by atoms with E-state index >= 15 is 0 Å².